The highest BCUT2D eigenvalue weighted by molar-refractivity contribution is 5.71. The van der Waals surface area contributed by atoms with Crippen LogP contribution < -0.4 is 10.5 Å². The molecule has 0 aromatic heterocycles. The third-order valence-electron chi connectivity index (χ3n) is 2.79. The molecule has 0 fully saturated rings. The number of aromatic hydroxyl groups is 1. The van der Waals surface area contributed by atoms with Gasteiger partial charge in [0.05, 0.1) is 7.11 Å². The van der Waals surface area contributed by atoms with Crippen LogP contribution in [0.25, 0.3) is 11.1 Å². The van der Waals surface area contributed by atoms with Gasteiger partial charge < -0.3 is 15.6 Å². The van der Waals surface area contributed by atoms with Crippen molar-refractivity contribution in [2.24, 2.45) is 0 Å². The van der Waals surface area contributed by atoms with Crippen LogP contribution in [0.3, 0.4) is 0 Å². The first-order chi connectivity index (χ1) is 8.11. The molecule has 0 aliphatic carbocycles. The van der Waals surface area contributed by atoms with Crippen LogP contribution in [0.5, 0.6) is 11.5 Å². The van der Waals surface area contributed by atoms with Gasteiger partial charge in [-0.3, -0.25) is 0 Å². The molecule has 3 nitrogen and oxygen atoms in total. The molecular weight excluding hydrogens is 214 g/mol. The summed E-state index contributed by atoms with van der Waals surface area (Å²) in [5.41, 5.74) is 9.66. The minimum absolute atomic E-state index is 0.135. The van der Waals surface area contributed by atoms with E-state index in [1.807, 2.05) is 31.2 Å². The fourth-order valence-electron chi connectivity index (χ4n) is 1.68. The van der Waals surface area contributed by atoms with E-state index in [1.54, 1.807) is 12.1 Å². The number of methoxy groups -OCH3 is 1. The molecule has 88 valence electrons. The maximum absolute atomic E-state index is 9.53. The van der Waals surface area contributed by atoms with Crippen molar-refractivity contribution in [2.75, 3.05) is 12.8 Å². The summed E-state index contributed by atoms with van der Waals surface area (Å²) in [5, 5.41) is 9.53. The van der Waals surface area contributed by atoms with Crippen LogP contribution in [0.2, 0.25) is 0 Å². The van der Waals surface area contributed by atoms with E-state index in [9.17, 15) is 5.11 Å². The largest absolute Gasteiger partial charge is 0.504 e. The van der Waals surface area contributed by atoms with E-state index in [0.717, 1.165) is 22.4 Å². The molecular formula is C14H15NO2. The van der Waals surface area contributed by atoms with E-state index in [2.05, 4.69) is 0 Å². The van der Waals surface area contributed by atoms with Gasteiger partial charge in [0.1, 0.15) is 0 Å². The van der Waals surface area contributed by atoms with Crippen LogP contribution in [-0.2, 0) is 0 Å². The minimum Gasteiger partial charge on any atom is -0.504 e. The number of phenolic OH excluding ortho intramolecular Hbond substituents is 1. The normalized spacial score (nSPS) is 10.2. The van der Waals surface area contributed by atoms with Crippen molar-refractivity contribution in [1.82, 2.24) is 0 Å². The second kappa shape index (κ2) is 4.37. The number of aryl methyl sites for hydroxylation is 1. The van der Waals surface area contributed by atoms with E-state index < -0.39 is 0 Å². The molecule has 3 N–H and O–H groups in total. The van der Waals surface area contributed by atoms with E-state index in [-0.39, 0.29) is 5.75 Å². The van der Waals surface area contributed by atoms with Gasteiger partial charge in [-0.1, -0.05) is 18.2 Å². The van der Waals surface area contributed by atoms with Crippen LogP contribution in [0.1, 0.15) is 5.56 Å². The molecule has 0 amide bonds. The molecule has 0 atom stereocenters. The fraction of sp³-hybridized carbons (Fsp3) is 0.143. The van der Waals surface area contributed by atoms with E-state index in [4.69, 9.17) is 10.5 Å². The van der Waals surface area contributed by atoms with Gasteiger partial charge in [-0.15, -0.1) is 0 Å². The molecule has 0 spiro atoms. The molecule has 0 bridgehead atoms. The zero-order chi connectivity index (χ0) is 12.4. The standard InChI is InChI=1S/C14H15NO2/c1-9-3-4-10(7-12(9)15)11-5-6-13(16)14(8-11)17-2/h3-8,16H,15H2,1-2H3. The number of nitrogen functional groups attached to an aromatic ring is 1. The van der Waals surface area contributed by atoms with E-state index in [0.29, 0.717) is 5.75 Å². The van der Waals surface area contributed by atoms with Gasteiger partial charge >= 0.3 is 0 Å². The highest BCUT2D eigenvalue weighted by Gasteiger charge is 2.05. The molecule has 2 aromatic rings. The minimum atomic E-state index is 0.135. The Morgan fingerprint density at radius 1 is 1.06 bits per heavy atom. The Morgan fingerprint density at radius 2 is 1.71 bits per heavy atom. The number of phenols is 1. The topological polar surface area (TPSA) is 55.5 Å². The molecule has 17 heavy (non-hydrogen) atoms. The predicted octanol–water partition coefficient (Wildman–Crippen LogP) is 2.96. The highest BCUT2D eigenvalue weighted by Crippen LogP contribution is 2.32. The van der Waals surface area contributed by atoms with Crippen LogP contribution >= 0.6 is 0 Å². The molecule has 0 aliphatic heterocycles. The summed E-state index contributed by atoms with van der Waals surface area (Å²) in [5.74, 6) is 0.595. The van der Waals surface area contributed by atoms with Crippen molar-refractivity contribution in [3.05, 3.63) is 42.0 Å². The Hall–Kier alpha value is -2.16. The summed E-state index contributed by atoms with van der Waals surface area (Å²) in [7, 11) is 1.53. The molecule has 3 heteroatoms. The molecule has 0 radical (unpaired) electrons. The molecule has 2 rings (SSSR count). The average Bonchev–Trinajstić information content (AvgIpc) is 2.33. The number of rotatable bonds is 2. The fourth-order valence-corrected chi connectivity index (χ4v) is 1.68. The number of anilines is 1. The number of nitrogens with two attached hydrogens (primary N) is 1. The van der Waals surface area contributed by atoms with Crippen LogP contribution in [-0.4, -0.2) is 12.2 Å². The van der Waals surface area contributed by atoms with Crippen molar-refractivity contribution in [3.63, 3.8) is 0 Å². The predicted molar refractivity (Wildman–Crippen MR) is 69.2 cm³/mol. The lowest BCUT2D eigenvalue weighted by Gasteiger charge is -2.08. The maximum atomic E-state index is 9.53. The second-order valence-corrected chi connectivity index (χ2v) is 3.96. The lowest BCUT2D eigenvalue weighted by Crippen LogP contribution is -1.90. The molecule has 0 unspecified atom stereocenters. The number of hydrogen-bond acceptors (Lipinski definition) is 3. The Bertz CT molecular complexity index is 550. The first-order valence-electron chi connectivity index (χ1n) is 5.35. The first kappa shape index (κ1) is 11.3. The summed E-state index contributed by atoms with van der Waals surface area (Å²) < 4.78 is 5.08. The lowest BCUT2D eigenvalue weighted by molar-refractivity contribution is 0.373. The highest BCUT2D eigenvalue weighted by atomic mass is 16.5. The van der Waals surface area contributed by atoms with Crippen molar-refractivity contribution >= 4 is 5.69 Å². The maximum Gasteiger partial charge on any atom is 0.161 e. The summed E-state index contributed by atoms with van der Waals surface area (Å²) in [4.78, 5) is 0. The van der Waals surface area contributed by atoms with Gasteiger partial charge in [-0.05, 0) is 41.8 Å². The van der Waals surface area contributed by atoms with Gasteiger partial charge in [0.2, 0.25) is 0 Å². The lowest BCUT2D eigenvalue weighted by atomic mass is 10.0. The van der Waals surface area contributed by atoms with Crippen molar-refractivity contribution in [1.29, 1.82) is 0 Å². The summed E-state index contributed by atoms with van der Waals surface area (Å²) in [6.07, 6.45) is 0. The van der Waals surface area contributed by atoms with Gasteiger partial charge in [0.25, 0.3) is 0 Å². The van der Waals surface area contributed by atoms with Gasteiger partial charge in [-0.25, -0.2) is 0 Å². The first-order valence-corrected chi connectivity index (χ1v) is 5.35. The monoisotopic (exact) mass is 229 g/mol. The molecule has 0 saturated heterocycles. The number of ether oxygens (including phenoxy) is 1. The smallest absolute Gasteiger partial charge is 0.161 e. The molecule has 0 heterocycles. The van der Waals surface area contributed by atoms with Gasteiger partial charge in [-0.2, -0.15) is 0 Å². The van der Waals surface area contributed by atoms with Crippen molar-refractivity contribution < 1.29 is 9.84 Å². The van der Waals surface area contributed by atoms with Crippen molar-refractivity contribution in [2.45, 2.75) is 6.92 Å². The SMILES string of the molecule is COc1cc(-c2ccc(C)c(N)c2)ccc1O. The third-order valence-corrected chi connectivity index (χ3v) is 2.79. The van der Waals surface area contributed by atoms with Gasteiger partial charge in [0.15, 0.2) is 11.5 Å². The number of benzene rings is 2. The Morgan fingerprint density at radius 3 is 2.35 bits per heavy atom. The average molecular weight is 229 g/mol. The van der Waals surface area contributed by atoms with E-state index in [1.165, 1.54) is 7.11 Å². The Labute approximate surface area is 100 Å². The zero-order valence-electron chi connectivity index (χ0n) is 9.90. The molecule has 0 saturated carbocycles. The summed E-state index contributed by atoms with van der Waals surface area (Å²) in [6.45, 7) is 1.97. The van der Waals surface area contributed by atoms with Gasteiger partial charge in [0, 0.05) is 5.69 Å². The summed E-state index contributed by atoms with van der Waals surface area (Å²) >= 11 is 0. The second-order valence-electron chi connectivity index (χ2n) is 3.96. The zero-order valence-corrected chi connectivity index (χ0v) is 9.90. The molecule has 0 aliphatic rings. The quantitative estimate of drug-likeness (QED) is 0.778. The Balaban J connectivity index is 2.49. The van der Waals surface area contributed by atoms with Crippen LogP contribution in [0, 0.1) is 6.92 Å². The van der Waals surface area contributed by atoms with Crippen LogP contribution in [0.4, 0.5) is 5.69 Å². The number of hydrogen-bond donors (Lipinski definition) is 2. The molecule has 2 aromatic carbocycles. The van der Waals surface area contributed by atoms with E-state index >= 15 is 0 Å². The third kappa shape index (κ3) is 2.18. The Kier molecular flexibility index (Phi) is 2.91. The van der Waals surface area contributed by atoms with Crippen molar-refractivity contribution in [3.8, 4) is 22.6 Å². The summed E-state index contributed by atoms with van der Waals surface area (Å²) in [6, 6.07) is 11.1. The van der Waals surface area contributed by atoms with Crippen LogP contribution in [0.15, 0.2) is 36.4 Å².